The number of hydrogen-bond acceptors (Lipinski definition) is 3. The van der Waals surface area contributed by atoms with Gasteiger partial charge in [-0.15, -0.1) is 16.5 Å². The molecule has 1 heterocycles. The Morgan fingerprint density at radius 3 is 2.65 bits per heavy atom. The van der Waals surface area contributed by atoms with Crippen molar-refractivity contribution in [1.29, 1.82) is 0 Å². The molecule has 1 aromatic rings. The molecule has 23 heavy (non-hydrogen) atoms. The molecule has 0 N–H and O–H groups in total. The minimum Gasteiger partial charge on any atom is -0.487 e. The molecule has 3 nitrogen and oxygen atoms in total. The van der Waals surface area contributed by atoms with E-state index in [-0.39, 0.29) is 5.60 Å². The monoisotopic (exact) mass is 335 g/mol. The Labute approximate surface area is 143 Å². The third-order valence-corrected chi connectivity index (χ3v) is 5.84. The van der Waals surface area contributed by atoms with E-state index in [1.807, 2.05) is 19.9 Å². The molecule has 0 saturated heterocycles. The fourth-order valence-electron chi connectivity index (χ4n) is 4.54. The quantitative estimate of drug-likeness (QED) is 0.488. The summed E-state index contributed by atoms with van der Waals surface area (Å²) in [6.07, 6.45) is 6.36. The van der Waals surface area contributed by atoms with Crippen LogP contribution in [0.1, 0.15) is 81.4 Å². The van der Waals surface area contributed by atoms with E-state index in [9.17, 15) is 4.91 Å². The number of ether oxygens (including phenoxy) is 1. The second kappa shape index (κ2) is 6.43. The molecule has 4 rings (SSSR count). The smallest absolute Gasteiger partial charge is 0.127 e. The molecule has 1 aromatic carbocycles. The van der Waals surface area contributed by atoms with E-state index < -0.39 is 0 Å². The molecule has 3 atom stereocenters. The Kier molecular flexibility index (Phi) is 4.68. The predicted molar refractivity (Wildman–Crippen MR) is 95.3 cm³/mol. The third kappa shape index (κ3) is 2.67. The van der Waals surface area contributed by atoms with Gasteiger partial charge in [-0.25, -0.2) is 0 Å². The van der Waals surface area contributed by atoms with Crippen LogP contribution in [0.15, 0.2) is 11.2 Å². The second-order valence-corrected chi connectivity index (χ2v) is 7.38. The van der Waals surface area contributed by atoms with Crippen molar-refractivity contribution >= 4 is 17.3 Å². The molecule has 2 bridgehead atoms. The van der Waals surface area contributed by atoms with Crippen LogP contribution < -0.4 is 4.74 Å². The first-order valence-electron chi connectivity index (χ1n) is 8.93. The van der Waals surface area contributed by atoms with Crippen molar-refractivity contribution in [2.24, 2.45) is 5.18 Å². The molecule has 2 aliphatic carbocycles. The number of benzene rings is 1. The van der Waals surface area contributed by atoms with Gasteiger partial charge in [0.2, 0.25) is 0 Å². The highest BCUT2D eigenvalue weighted by atomic mass is 35.5. The van der Waals surface area contributed by atoms with Crippen LogP contribution in [0.2, 0.25) is 0 Å². The van der Waals surface area contributed by atoms with E-state index in [0.717, 1.165) is 25.0 Å². The first-order chi connectivity index (χ1) is 11.1. The first-order valence-corrected chi connectivity index (χ1v) is 9.46. The van der Waals surface area contributed by atoms with Gasteiger partial charge < -0.3 is 4.74 Å². The highest BCUT2D eigenvalue weighted by molar-refractivity contribution is 6.17. The molecular weight excluding hydrogens is 310 g/mol. The van der Waals surface area contributed by atoms with Crippen LogP contribution in [0, 0.1) is 4.91 Å². The Hall–Kier alpha value is -1.09. The van der Waals surface area contributed by atoms with Crippen LogP contribution in [0.25, 0.3) is 0 Å². The zero-order valence-corrected chi connectivity index (χ0v) is 15.1. The SMILES string of the molecule is CC.CC1(CCCl)CCc2cc(N=O)c3c(c2O1)C1CCC3C1. The maximum Gasteiger partial charge on any atom is 0.127 e. The third-order valence-electron chi connectivity index (χ3n) is 5.66. The molecule has 1 aliphatic heterocycles. The van der Waals surface area contributed by atoms with Gasteiger partial charge in [-0.1, -0.05) is 13.8 Å². The largest absolute Gasteiger partial charge is 0.487 e. The minimum atomic E-state index is -0.166. The summed E-state index contributed by atoms with van der Waals surface area (Å²) in [6, 6.07) is 1.97. The molecular formula is C19H26ClNO2. The lowest BCUT2D eigenvalue weighted by atomic mass is 9.83. The van der Waals surface area contributed by atoms with Crippen molar-refractivity contribution in [2.75, 3.05) is 5.88 Å². The normalized spacial score (nSPS) is 29.9. The number of nitroso groups, excluding NO2 is 1. The summed E-state index contributed by atoms with van der Waals surface area (Å²) in [7, 11) is 0. The number of halogens is 1. The lowest BCUT2D eigenvalue weighted by Gasteiger charge is -2.38. The second-order valence-electron chi connectivity index (χ2n) is 7.00. The summed E-state index contributed by atoms with van der Waals surface area (Å²) in [5, 5.41) is 3.32. The summed E-state index contributed by atoms with van der Waals surface area (Å²) >= 11 is 5.94. The molecule has 0 aromatic heterocycles. The maximum absolute atomic E-state index is 11.2. The van der Waals surface area contributed by atoms with Crippen molar-refractivity contribution < 1.29 is 4.74 Å². The Balaban J connectivity index is 0.000000753. The van der Waals surface area contributed by atoms with E-state index >= 15 is 0 Å². The Bertz CT molecular complexity index is 616. The zero-order chi connectivity index (χ0) is 16.6. The number of nitrogens with zero attached hydrogens (tertiary/aromatic N) is 1. The molecule has 0 amide bonds. The van der Waals surface area contributed by atoms with Gasteiger partial charge in [-0.3, -0.25) is 0 Å². The minimum absolute atomic E-state index is 0.166. The maximum atomic E-state index is 11.2. The van der Waals surface area contributed by atoms with Gasteiger partial charge in [-0.2, -0.15) is 0 Å². The zero-order valence-electron chi connectivity index (χ0n) is 14.3. The highest BCUT2D eigenvalue weighted by Crippen LogP contribution is 2.60. The van der Waals surface area contributed by atoms with E-state index in [1.54, 1.807) is 0 Å². The van der Waals surface area contributed by atoms with E-state index in [0.29, 0.717) is 23.4 Å². The van der Waals surface area contributed by atoms with Crippen molar-refractivity contribution in [2.45, 2.75) is 76.7 Å². The fraction of sp³-hybridized carbons (Fsp3) is 0.684. The fourth-order valence-corrected chi connectivity index (χ4v) is 4.94. The van der Waals surface area contributed by atoms with Gasteiger partial charge in [0, 0.05) is 17.9 Å². The van der Waals surface area contributed by atoms with Crippen LogP contribution >= 0.6 is 11.6 Å². The molecule has 1 fully saturated rings. The van der Waals surface area contributed by atoms with Crippen molar-refractivity contribution in [1.82, 2.24) is 0 Å². The van der Waals surface area contributed by atoms with Crippen LogP contribution in [-0.2, 0) is 6.42 Å². The number of rotatable bonds is 3. The Morgan fingerprint density at radius 1 is 1.30 bits per heavy atom. The molecule has 4 heteroatoms. The molecule has 0 spiro atoms. The topological polar surface area (TPSA) is 38.7 Å². The summed E-state index contributed by atoms with van der Waals surface area (Å²) in [6.45, 7) is 6.16. The summed E-state index contributed by atoms with van der Waals surface area (Å²) in [5.41, 5.74) is 4.16. The summed E-state index contributed by atoms with van der Waals surface area (Å²) in [5.74, 6) is 2.77. The number of alkyl halides is 1. The average Bonchev–Trinajstić information content (AvgIpc) is 3.18. The number of fused-ring (bicyclic) bond motifs is 7. The van der Waals surface area contributed by atoms with E-state index in [4.69, 9.17) is 16.3 Å². The van der Waals surface area contributed by atoms with Gasteiger partial charge in [0.1, 0.15) is 17.0 Å². The number of hydrogen-bond donors (Lipinski definition) is 0. The van der Waals surface area contributed by atoms with Gasteiger partial charge >= 0.3 is 0 Å². The highest BCUT2D eigenvalue weighted by Gasteiger charge is 2.44. The molecule has 3 aliphatic rings. The van der Waals surface area contributed by atoms with Crippen LogP contribution in [0.5, 0.6) is 5.75 Å². The number of aryl methyl sites for hydroxylation is 1. The van der Waals surface area contributed by atoms with Crippen LogP contribution in [0.3, 0.4) is 0 Å². The van der Waals surface area contributed by atoms with Crippen LogP contribution in [0.4, 0.5) is 5.69 Å². The van der Waals surface area contributed by atoms with Gasteiger partial charge in [0.05, 0.1) is 0 Å². The van der Waals surface area contributed by atoms with E-state index in [2.05, 4.69) is 12.1 Å². The van der Waals surface area contributed by atoms with Crippen molar-refractivity contribution in [3.05, 3.63) is 27.7 Å². The Morgan fingerprint density at radius 2 is 2.00 bits per heavy atom. The van der Waals surface area contributed by atoms with Gasteiger partial charge in [0.25, 0.3) is 0 Å². The molecule has 0 radical (unpaired) electrons. The lowest BCUT2D eigenvalue weighted by Crippen LogP contribution is -2.37. The summed E-state index contributed by atoms with van der Waals surface area (Å²) in [4.78, 5) is 11.2. The first kappa shape index (κ1) is 16.8. The van der Waals surface area contributed by atoms with Crippen molar-refractivity contribution in [3.63, 3.8) is 0 Å². The summed E-state index contributed by atoms with van der Waals surface area (Å²) < 4.78 is 6.43. The standard InChI is InChI=1S/C17H20ClNO2.C2H6/c1-17(6-7-18)5-4-12-9-13(19-20)14-10-2-3-11(8-10)15(14)16(12)21-17;1-2/h9-11H,2-8H2,1H3;1-2H3. The van der Waals surface area contributed by atoms with E-state index in [1.165, 1.54) is 36.0 Å². The molecule has 3 unspecified atom stereocenters. The molecule has 1 saturated carbocycles. The molecule has 126 valence electrons. The predicted octanol–water partition coefficient (Wildman–Crippen LogP) is 6.19. The van der Waals surface area contributed by atoms with Gasteiger partial charge in [-0.05, 0) is 73.2 Å². The average molecular weight is 336 g/mol. The van der Waals surface area contributed by atoms with Crippen molar-refractivity contribution in [3.8, 4) is 5.75 Å². The van der Waals surface area contributed by atoms with Crippen LogP contribution in [-0.4, -0.2) is 11.5 Å². The lowest BCUT2D eigenvalue weighted by molar-refractivity contribution is 0.0604. The van der Waals surface area contributed by atoms with Gasteiger partial charge in [0.15, 0.2) is 0 Å².